The number of morpholine rings is 1. The first-order valence-electron chi connectivity index (χ1n) is 11.5. The van der Waals surface area contributed by atoms with Gasteiger partial charge in [-0.15, -0.1) is 0 Å². The third kappa shape index (κ3) is 5.63. The number of halogens is 3. The Kier molecular flexibility index (Phi) is 6.69. The Labute approximate surface area is 211 Å². The van der Waals surface area contributed by atoms with Gasteiger partial charge in [0.15, 0.2) is 5.58 Å². The van der Waals surface area contributed by atoms with Gasteiger partial charge in [0.2, 0.25) is 5.89 Å². The lowest BCUT2D eigenvalue weighted by molar-refractivity contribution is -0.137. The molecule has 0 amide bonds. The number of ether oxygens (including phenoxy) is 1. The highest BCUT2D eigenvalue weighted by Gasteiger charge is 2.32. The van der Waals surface area contributed by atoms with Crippen LogP contribution in [0.2, 0.25) is 0 Å². The minimum Gasteiger partial charge on any atom is -0.436 e. The number of hydrogen-bond donors (Lipinski definition) is 0. The van der Waals surface area contributed by atoms with Gasteiger partial charge in [0.05, 0.1) is 18.8 Å². The molecule has 1 saturated heterocycles. The first-order valence-corrected chi connectivity index (χ1v) is 12.9. The molecule has 0 unspecified atom stereocenters. The third-order valence-electron chi connectivity index (χ3n) is 6.00. The SMILES string of the molecule is Cc1ccc2oc(-c3ccc(OS(=O)(=O)c4cccc(C(F)(F)F)c4)c(CN4CCOCC4)c3)nc2c1. The van der Waals surface area contributed by atoms with Crippen molar-refractivity contribution in [2.45, 2.75) is 24.5 Å². The van der Waals surface area contributed by atoms with Gasteiger partial charge >= 0.3 is 16.3 Å². The van der Waals surface area contributed by atoms with E-state index in [1.54, 1.807) is 12.1 Å². The van der Waals surface area contributed by atoms with Crippen molar-refractivity contribution >= 4 is 21.2 Å². The van der Waals surface area contributed by atoms with Gasteiger partial charge in [0.1, 0.15) is 16.2 Å². The van der Waals surface area contributed by atoms with Crippen molar-refractivity contribution in [1.29, 1.82) is 0 Å². The lowest BCUT2D eigenvalue weighted by Crippen LogP contribution is -2.35. The van der Waals surface area contributed by atoms with Crippen LogP contribution in [-0.2, 0) is 27.6 Å². The topological polar surface area (TPSA) is 81.9 Å². The van der Waals surface area contributed by atoms with Crippen molar-refractivity contribution in [2.75, 3.05) is 26.3 Å². The van der Waals surface area contributed by atoms with Crippen LogP contribution in [0.15, 0.2) is 70.0 Å². The maximum Gasteiger partial charge on any atom is 0.416 e. The standard InChI is InChI=1S/C26H23F3N2O5S/c1-17-5-7-24-22(13-17)30-25(35-24)18-6-8-23(19(14-18)16-31-9-11-34-12-10-31)36-37(32,33)21-4-2-3-20(15-21)26(27,28)29/h2-8,13-15H,9-12,16H2,1H3. The number of fused-ring (bicyclic) bond motifs is 1. The number of benzene rings is 3. The predicted molar refractivity (Wildman–Crippen MR) is 130 cm³/mol. The summed E-state index contributed by atoms with van der Waals surface area (Å²) in [5, 5.41) is 0. The zero-order valence-corrected chi connectivity index (χ0v) is 20.6. The van der Waals surface area contributed by atoms with Crippen molar-refractivity contribution in [3.63, 3.8) is 0 Å². The molecule has 37 heavy (non-hydrogen) atoms. The summed E-state index contributed by atoms with van der Waals surface area (Å²) in [5.41, 5.74) is 2.39. The summed E-state index contributed by atoms with van der Waals surface area (Å²) in [6, 6.07) is 13.9. The molecule has 0 saturated carbocycles. The summed E-state index contributed by atoms with van der Waals surface area (Å²) >= 11 is 0. The Morgan fingerprint density at radius 2 is 1.81 bits per heavy atom. The molecule has 3 aromatic carbocycles. The van der Waals surface area contributed by atoms with E-state index in [4.69, 9.17) is 13.3 Å². The van der Waals surface area contributed by atoms with Gasteiger partial charge in [-0.05, 0) is 61.0 Å². The minimum atomic E-state index is -4.69. The molecule has 11 heteroatoms. The van der Waals surface area contributed by atoms with E-state index in [9.17, 15) is 21.6 Å². The van der Waals surface area contributed by atoms with Crippen LogP contribution in [0, 0.1) is 6.92 Å². The highest BCUT2D eigenvalue weighted by Crippen LogP contribution is 2.34. The number of alkyl halides is 3. The minimum absolute atomic E-state index is 0.0135. The molecular weight excluding hydrogens is 509 g/mol. The quantitative estimate of drug-likeness (QED) is 0.307. The summed E-state index contributed by atoms with van der Waals surface area (Å²) in [7, 11) is -4.54. The monoisotopic (exact) mass is 532 g/mol. The molecule has 2 heterocycles. The maximum atomic E-state index is 13.1. The van der Waals surface area contributed by atoms with Crippen molar-refractivity contribution in [1.82, 2.24) is 9.88 Å². The molecule has 5 rings (SSSR count). The number of nitrogens with zero attached hydrogens (tertiary/aromatic N) is 2. The van der Waals surface area contributed by atoms with Crippen LogP contribution in [-0.4, -0.2) is 44.6 Å². The summed E-state index contributed by atoms with van der Waals surface area (Å²) in [6.45, 7) is 4.61. The van der Waals surface area contributed by atoms with E-state index in [-0.39, 0.29) is 5.75 Å². The van der Waals surface area contributed by atoms with Crippen LogP contribution in [0.4, 0.5) is 13.2 Å². The fourth-order valence-corrected chi connectivity index (χ4v) is 5.08. The van der Waals surface area contributed by atoms with Gasteiger partial charge in [0, 0.05) is 30.8 Å². The van der Waals surface area contributed by atoms with Crippen LogP contribution in [0.5, 0.6) is 5.75 Å². The van der Waals surface area contributed by atoms with E-state index in [1.807, 2.05) is 25.1 Å². The van der Waals surface area contributed by atoms with E-state index in [2.05, 4.69) is 9.88 Å². The number of rotatable bonds is 6. The molecule has 194 valence electrons. The Balaban J connectivity index is 1.51. The molecule has 0 aliphatic carbocycles. The Bertz CT molecular complexity index is 1540. The number of aromatic nitrogens is 1. The van der Waals surface area contributed by atoms with Gasteiger partial charge in [-0.2, -0.15) is 21.6 Å². The molecular formula is C26H23F3N2O5S. The molecule has 1 aromatic heterocycles. The average molecular weight is 533 g/mol. The highest BCUT2D eigenvalue weighted by atomic mass is 32.2. The maximum absolute atomic E-state index is 13.1. The van der Waals surface area contributed by atoms with Crippen molar-refractivity contribution in [3.05, 3.63) is 77.4 Å². The second-order valence-corrected chi connectivity index (χ2v) is 10.3. The first kappa shape index (κ1) is 25.2. The lowest BCUT2D eigenvalue weighted by Gasteiger charge is -2.27. The Morgan fingerprint density at radius 3 is 2.57 bits per heavy atom. The molecule has 0 atom stereocenters. The molecule has 0 radical (unpaired) electrons. The second-order valence-electron chi connectivity index (χ2n) is 8.76. The molecule has 1 fully saturated rings. The Morgan fingerprint density at radius 1 is 1.03 bits per heavy atom. The average Bonchev–Trinajstić information content (AvgIpc) is 3.28. The Hall–Kier alpha value is -3.41. The smallest absolute Gasteiger partial charge is 0.416 e. The largest absolute Gasteiger partial charge is 0.436 e. The van der Waals surface area contributed by atoms with Gasteiger partial charge < -0.3 is 13.3 Å². The number of aryl methyl sites for hydroxylation is 1. The van der Waals surface area contributed by atoms with E-state index in [1.165, 1.54) is 6.07 Å². The van der Waals surface area contributed by atoms with Crippen molar-refractivity contribution in [3.8, 4) is 17.2 Å². The normalized spacial score (nSPS) is 15.2. The van der Waals surface area contributed by atoms with Crippen molar-refractivity contribution in [2.24, 2.45) is 0 Å². The van der Waals surface area contributed by atoms with Gasteiger partial charge in [-0.3, -0.25) is 4.90 Å². The zero-order chi connectivity index (χ0) is 26.2. The summed E-state index contributed by atoms with van der Waals surface area (Å²) in [4.78, 5) is 6.04. The lowest BCUT2D eigenvalue weighted by atomic mass is 10.1. The highest BCUT2D eigenvalue weighted by molar-refractivity contribution is 7.87. The van der Waals surface area contributed by atoms with Gasteiger partial charge in [-0.1, -0.05) is 12.1 Å². The molecule has 0 spiro atoms. The molecule has 7 nitrogen and oxygen atoms in total. The summed E-state index contributed by atoms with van der Waals surface area (Å²) < 4.78 is 82.1. The van der Waals surface area contributed by atoms with E-state index in [0.717, 1.165) is 23.8 Å². The van der Waals surface area contributed by atoms with Crippen LogP contribution in [0.1, 0.15) is 16.7 Å². The fourth-order valence-electron chi connectivity index (χ4n) is 4.07. The molecule has 4 aromatic rings. The summed E-state index contributed by atoms with van der Waals surface area (Å²) in [5.74, 6) is 0.371. The van der Waals surface area contributed by atoms with Crippen LogP contribution < -0.4 is 4.18 Å². The van der Waals surface area contributed by atoms with Gasteiger partial charge in [-0.25, -0.2) is 4.98 Å². The molecule has 1 aliphatic heterocycles. The van der Waals surface area contributed by atoms with E-state index < -0.39 is 26.8 Å². The molecule has 0 bridgehead atoms. The van der Waals surface area contributed by atoms with Crippen LogP contribution >= 0.6 is 0 Å². The fraction of sp³-hybridized carbons (Fsp3) is 0.269. The van der Waals surface area contributed by atoms with Crippen molar-refractivity contribution < 1.29 is 34.9 Å². The van der Waals surface area contributed by atoms with Gasteiger partial charge in [0.25, 0.3) is 0 Å². The molecule has 1 aliphatic rings. The third-order valence-corrected chi connectivity index (χ3v) is 7.23. The second kappa shape index (κ2) is 9.81. The number of oxazole rings is 1. The molecule has 0 N–H and O–H groups in total. The summed E-state index contributed by atoms with van der Waals surface area (Å²) in [6.07, 6.45) is -4.69. The van der Waals surface area contributed by atoms with Crippen LogP contribution in [0.25, 0.3) is 22.6 Å². The zero-order valence-electron chi connectivity index (χ0n) is 19.8. The van der Waals surface area contributed by atoms with E-state index >= 15 is 0 Å². The van der Waals surface area contributed by atoms with E-state index in [0.29, 0.717) is 67.0 Å². The first-order chi connectivity index (χ1) is 17.6. The van der Waals surface area contributed by atoms with Crippen LogP contribution in [0.3, 0.4) is 0 Å². The number of hydrogen-bond acceptors (Lipinski definition) is 7. The predicted octanol–water partition coefficient (Wildman–Crippen LogP) is 5.42.